The summed E-state index contributed by atoms with van der Waals surface area (Å²) >= 11 is 20.0. The molecule has 2 aliphatic heterocycles. The molecule has 0 aromatic heterocycles. The molecule has 1 unspecified atom stereocenters. The zero-order valence-electron chi connectivity index (χ0n) is 25.1. The van der Waals surface area contributed by atoms with Gasteiger partial charge in [0.15, 0.2) is 0 Å². The fraction of sp³-hybridized carbons (Fsp3) is 0.394. The van der Waals surface area contributed by atoms with Crippen LogP contribution < -0.4 is 10.2 Å². The Morgan fingerprint density at radius 1 is 0.977 bits per heavy atom. The van der Waals surface area contributed by atoms with E-state index in [2.05, 4.69) is 35.0 Å². The highest BCUT2D eigenvalue weighted by Gasteiger charge is 2.37. The fourth-order valence-electron chi connectivity index (χ4n) is 5.84. The van der Waals surface area contributed by atoms with Crippen LogP contribution in [0.5, 0.6) is 0 Å². The molecule has 0 spiro atoms. The zero-order chi connectivity index (χ0) is 31.1. The Morgan fingerprint density at radius 2 is 1.65 bits per heavy atom. The number of rotatable bonds is 6. The number of carbonyl (C=O) groups excluding carboxylic acids is 2. The summed E-state index contributed by atoms with van der Waals surface area (Å²) in [6.45, 7) is 12.8. The van der Waals surface area contributed by atoms with Crippen LogP contribution in [0.25, 0.3) is 11.1 Å². The predicted octanol–water partition coefficient (Wildman–Crippen LogP) is 7.91. The molecule has 228 valence electrons. The van der Waals surface area contributed by atoms with Crippen molar-refractivity contribution in [2.45, 2.75) is 65.4 Å². The van der Waals surface area contributed by atoms with Crippen molar-refractivity contribution >= 4 is 58.2 Å². The van der Waals surface area contributed by atoms with E-state index in [1.54, 1.807) is 23.1 Å². The number of fused-ring (bicyclic) bond motifs is 1. The molecule has 10 heteroatoms. The highest BCUT2D eigenvalue weighted by molar-refractivity contribution is 6.40. The minimum absolute atomic E-state index is 0.197. The number of halogens is 3. The number of nitrogens with one attached hydrogen (secondary N) is 1. The maximum absolute atomic E-state index is 13.4. The topological polar surface area (TPSA) is 65.1 Å². The van der Waals surface area contributed by atoms with Gasteiger partial charge in [-0.3, -0.25) is 19.5 Å². The van der Waals surface area contributed by atoms with Crippen molar-refractivity contribution in [3.63, 3.8) is 0 Å². The normalized spacial score (nSPS) is 18.0. The molecule has 0 saturated carbocycles. The summed E-state index contributed by atoms with van der Waals surface area (Å²) in [5.41, 5.74) is 4.18. The van der Waals surface area contributed by atoms with Crippen molar-refractivity contribution in [3.05, 3.63) is 80.8 Å². The maximum Gasteiger partial charge on any atom is 0.326 e. The van der Waals surface area contributed by atoms with E-state index in [1.165, 1.54) is 0 Å². The molecule has 0 aliphatic carbocycles. The number of hydrogen-bond acceptors (Lipinski definition) is 5. The maximum atomic E-state index is 13.4. The number of amides is 2. The number of carbonyl (C=O) groups is 2. The molecule has 0 radical (unpaired) electrons. The predicted molar refractivity (Wildman–Crippen MR) is 174 cm³/mol. The number of ether oxygens (including phenoxy) is 1. The second-order valence-electron chi connectivity index (χ2n) is 12.3. The van der Waals surface area contributed by atoms with Crippen molar-refractivity contribution in [1.29, 1.82) is 0 Å². The summed E-state index contributed by atoms with van der Waals surface area (Å²) in [4.78, 5) is 32.7. The molecule has 2 aliphatic rings. The SMILES string of the molecule is CC(C)N1CCN(Cc2cc(-c3ccccc3Cl)c3c(c2)N(c2c(Cl)cccc2Cl)C(=O)NC3)CC1C(=O)OC(C)(C)C. The summed E-state index contributed by atoms with van der Waals surface area (Å²) in [7, 11) is 0. The third-order valence-electron chi connectivity index (χ3n) is 7.73. The lowest BCUT2D eigenvalue weighted by atomic mass is 9.93. The van der Waals surface area contributed by atoms with E-state index >= 15 is 0 Å². The van der Waals surface area contributed by atoms with Crippen molar-refractivity contribution in [3.8, 4) is 11.1 Å². The molecule has 1 fully saturated rings. The molecule has 2 amide bonds. The van der Waals surface area contributed by atoms with E-state index < -0.39 is 11.6 Å². The van der Waals surface area contributed by atoms with Gasteiger partial charge in [0.05, 0.1) is 21.4 Å². The highest BCUT2D eigenvalue weighted by Crippen LogP contribution is 2.45. The van der Waals surface area contributed by atoms with Gasteiger partial charge >= 0.3 is 12.0 Å². The number of nitrogens with zero attached hydrogens (tertiary/aromatic N) is 3. The van der Waals surface area contributed by atoms with Crippen LogP contribution in [0.2, 0.25) is 15.1 Å². The van der Waals surface area contributed by atoms with Gasteiger partial charge in [-0.05, 0) is 76.1 Å². The Kier molecular flexibility index (Phi) is 9.31. The first-order valence-corrected chi connectivity index (χ1v) is 15.6. The largest absolute Gasteiger partial charge is 0.459 e. The van der Waals surface area contributed by atoms with Crippen molar-refractivity contribution < 1.29 is 14.3 Å². The first-order chi connectivity index (χ1) is 20.3. The molecule has 1 atom stereocenters. The summed E-state index contributed by atoms with van der Waals surface area (Å²) < 4.78 is 5.82. The van der Waals surface area contributed by atoms with Gasteiger partial charge < -0.3 is 10.1 Å². The Labute approximate surface area is 268 Å². The third-order valence-corrected chi connectivity index (χ3v) is 8.67. The lowest BCUT2D eigenvalue weighted by Crippen LogP contribution is -2.59. The third kappa shape index (κ3) is 6.81. The monoisotopic (exact) mass is 642 g/mol. The van der Waals surface area contributed by atoms with Gasteiger partial charge in [0.25, 0.3) is 0 Å². The van der Waals surface area contributed by atoms with Gasteiger partial charge in [-0.25, -0.2) is 4.79 Å². The van der Waals surface area contributed by atoms with Gasteiger partial charge in [-0.2, -0.15) is 0 Å². The van der Waals surface area contributed by atoms with Gasteiger partial charge in [0, 0.05) is 54.9 Å². The summed E-state index contributed by atoms with van der Waals surface area (Å²) in [5.74, 6) is -0.218. The van der Waals surface area contributed by atoms with Crippen LogP contribution in [0.4, 0.5) is 16.2 Å². The minimum Gasteiger partial charge on any atom is -0.459 e. The van der Waals surface area contributed by atoms with E-state index in [0.29, 0.717) is 46.1 Å². The average Bonchev–Trinajstić information content (AvgIpc) is 2.93. The minimum atomic E-state index is -0.575. The van der Waals surface area contributed by atoms with Crippen LogP contribution in [0, 0.1) is 0 Å². The Morgan fingerprint density at radius 3 is 2.30 bits per heavy atom. The Bertz CT molecular complexity index is 1520. The van der Waals surface area contributed by atoms with Crippen LogP contribution in [-0.4, -0.2) is 59.1 Å². The lowest BCUT2D eigenvalue weighted by molar-refractivity contribution is -0.165. The van der Waals surface area contributed by atoms with E-state index in [0.717, 1.165) is 35.3 Å². The quantitative estimate of drug-likeness (QED) is 0.277. The fourth-order valence-corrected chi connectivity index (χ4v) is 6.65. The number of urea groups is 1. The molecule has 0 bridgehead atoms. The smallest absolute Gasteiger partial charge is 0.326 e. The van der Waals surface area contributed by atoms with Crippen LogP contribution in [0.1, 0.15) is 45.7 Å². The number of anilines is 2. The molecule has 5 rings (SSSR count). The molecule has 2 heterocycles. The van der Waals surface area contributed by atoms with Crippen LogP contribution >= 0.6 is 34.8 Å². The molecule has 1 saturated heterocycles. The van der Waals surface area contributed by atoms with E-state index in [1.807, 2.05) is 51.1 Å². The second kappa shape index (κ2) is 12.7. The van der Waals surface area contributed by atoms with E-state index in [-0.39, 0.29) is 18.0 Å². The zero-order valence-corrected chi connectivity index (χ0v) is 27.4. The van der Waals surface area contributed by atoms with Crippen molar-refractivity contribution in [2.24, 2.45) is 0 Å². The number of esters is 1. The standard InChI is InChI=1S/C33H37Cl3N4O3/c1-20(2)39-14-13-38(19-29(39)31(41)43-33(3,4)5)18-21-15-23(22-9-6-7-10-25(22)34)24-17-37-32(42)40(28(24)16-21)30-26(35)11-8-12-27(30)36/h6-12,15-16,20,29H,13-14,17-19H2,1-5H3,(H,37,42). The molecule has 3 aromatic rings. The molecular weight excluding hydrogens is 607 g/mol. The number of benzene rings is 3. The van der Waals surface area contributed by atoms with Gasteiger partial charge in [-0.1, -0.05) is 59.1 Å². The van der Waals surface area contributed by atoms with Crippen LogP contribution in [-0.2, 0) is 22.6 Å². The Hall–Kier alpha value is -2.81. The summed E-state index contributed by atoms with van der Waals surface area (Å²) in [6.07, 6.45) is 0. The van der Waals surface area contributed by atoms with Gasteiger partial charge in [0.2, 0.25) is 0 Å². The van der Waals surface area contributed by atoms with Gasteiger partial charge in [-0.15, -0.1) is 0 Å². The van der Waals surface area contributed by atoms with E-state index in [4.69, 9.17) is 39.5 Å². The second-order valence-corrected chi connectivity index (χ2v) is 13.5. The van der Waals surface area contributed by atoms with Crippen LogP contribution in [0.15, 0.2) is 54.6 Å². The summed E-state index contributed by atoms with van der Waals surface area (Å²) in [6, 6.07) is 16.5. The molecule has 3 aromatic carbocycles. The molecule has 43 heavy (non-hydrogen) atoms. The number of para-hydroxylation sites is 1. The average molecular weight is 644 g/mol. The Balaban J connectivity index is 1.58. The molecule has 1 N–H and O–H groups in total. The highest BCUT2D eigenvalue weighted by atomic mass is 35.5. The lowest BCUT2D eigenvalue weighted by Gasteiger charge is -2.43. The first kappa shape index (κ1) is 31.6. The molecule has 7 nitrogen and oxygen atoms in total. The van der Waals surface area contributed by atoms with Gasteiger partial charge in [0.1, 0.15) is 11.6 Å². The number of piperazine rings is 1. The van der Waals surface area contributed by atoms with E-state index in [9.17, 15) is 9.59 Å². The van der Waals surface area contributed by atoms with Crippen molar-refractivity contribution in [2.75, 3.05) is 24.5 Å². The summed E-state index contributed by atoms with van der Waals surface area (Å²) in [5, 5.41) is 4.32. The van der Waals surface area contributed by atoms with Crippen molar-refractivity contribution in [1.82, 2.24) is 15.1 Å². The number of hydrogen-bond donors (Lipinski definition) is 1. The first-order valence-electron chi connectivity index (χ1n) is 14.5. The molecular formula is C33H37Cl3N4O3. The van der Waals surface area contributed by atoms with Crippen LogP contribution in [0.3, 0.4) is 0 Å².